The minimum Gasteiger partial charge on any atom is -0.417 e. The van der Waals surface area contributed by atoms with E-state index in [1.165, 1.54) is 6.42 Å². The molecule has 6 heteroatoms. The van der Waals surface area contributed by atoms with Crippen LogP contribution in [-0.4, -0.2) is 25.4 Å². The third kappa shape index (κ3) is 3.55. The first-order valence-corrected chi connectivity index (χ1v) is 11.3. The first-order chi connectivity index (χ1) is 10.3. The number of benzene rings is 1. The van der Waals surface area contributed by atoms with Crippen molar-refractivity contribution in [2.24, 2.45) is 5.92 Å². The van der Waals surface area contributed by atoms with E-state index in [9.17, 15) is 14.4 Å². The summed E-state index contributed by atoms with van der Waals surface area (Å²) >= 11 is 0. The Labute approximate surface area is 134 Å². The Bertz CT molecular complexity index is 553. The Morgan fingerprint density at radius 2 is 2.05 bits per heavy atom. The highest BCUT2D eigenvalue weighted by Gasteiger charge is 2.49. The van der Waals surface area contributed by atoms with Crippen LogP contribution in [-0.2, 0) is 14.1 Å². The summed E-state index contributed by atoms with van der Waals surface area (Å²) in [5.41, 5.74) is 1.69. The zero-order valence-electron chi connectivity index (χ0n) is 13.6. The van der Waals surface area contributed by atoms with Crippen molar-refractivity contribution in [3.05, 3.63) is 35.4 Å². The maximum Gasteiger partial charge on any atom is 0.335 e. The summed E-state index contributed by atoms with van der Waals surface area (Å²) in [7, 11) is -5.25. The number of hydrogen-bond acceptors (Lipinski definition) is 2. The third-order valence-corrected chi connectivity index (χ3v) is 9.43. The van der Waals surface area contributed by atoms with Gasteiger partial charge in [0.1, 0.15) is 0 Å². The lowest BCUT2D eigenvalue weighted by molar-refractivity contribution is 0.267. The maximum absolute atomic E-state index is 12.4. The summed E-state index contributed by atoms with van der Waals surface area (Å²) in [6.07, 6.45) is 2.29. The molecule has 1 aliphatic rings. The van der Waals surface area contributed by atoms with Gasteiger partial charge >= 0.3 is 7.60 Å². The van der Waals surface area contributed by atoms with Crippen LogP contribution in [0.25, 0.3) is 0 Å². The lowest BCUT2D eigenvalue weighted by atomic mass is 9.86. The molecule has 123 valence electrons. The summed E-state index contributed by atoms with van der Waals surface area (Å²) in [4.78, 5) is 20.2. The first kappa shape index (κ1) is 17.9. The monoisotopic (exact) mass is 341 g/mol. The van der Waals surface area contributed by atoms with E-state index in [2.05, 4.69) is 0 Å². The van der Waals surface area contributed by atoms with Gasteiger partial charge in [0.2, 0.25) is 9.04 Å². The molecule has 2 N–H and O–H groups in total. The average molecular weight is 341 g/mol. The first-order valence-electron chi connectivity index (χ1n) is 7.86. The van der Waals surface area contributed by atoms with Crippen molar-refractivity contribution in [3.8, 4) is 0 Å². The van der Waals surface area contributed by atoms with Crippen LogP contribution in [0.5, 0.6) is 0 Å². The van der Waals surface area contributed by atoms with E-state index in [1.54, 1.807) is 6.92 Å². The molecule has 1 aliphatic heterocycles. The number of aryl methyl sites for hydroxylation is 1. The summed E-state index contributed by atoms with van der Waals surface area (Å²) in [6.45, 7) is 6.40. The molecule has 22 heavy (non-hydrogen) atoms. The zero-order valence-corrected chi connectivity index (χ0v) is 15.5. The van der Waals surface area contributed by atoms with E-state index < -0.39 is 21.8 Å². The van der Waals surface area contributed by atoms with E-state index in [1.807, 2.05) is 38.1 Å². The van der Waals surface area contributed by atoms with Crippen LogP contribution in [0, 0.1) is 12.8 Å². The third-order valence-electron chi connectivity index (χ3n) is 4.95. The highest BCUT2D eigenvalue weighted by molar-refractivity contribution is 7.53. The molecule has 0 aliphatic carbocycles. The minimum atomic E-state index is -4.30. The largest absolute Gasteiger partial charge is 0.417 e. The van der Waals surface area contributed by atoms with Crippen LogP contribution in [0.4, 0.5) is 0 Å². The number of rotatable bonds is 5. The van der Waals surface area contributed by atoms with Gasteiger partial charge in [0.25, 0.3) is 0 Å². The second-order valence-corrected chi connectivity index (χ2v) is 10.7. The van der Waals surface area contributed by atoms with Crippen molar-refractivity contribution in [1.82, 2.24) is 0 Å². The van der Waals surface area contributed by atoms with Gasteiger partial charge in [-0.1, -0.05) is 37.6 Å². The second kappa shape index (κ2) is 6.98. The summed E-state index contributed by atoms with van der Waals surface area (Å²) in [5, 5.41) is -1.16. The van der Waals surface area contributed by atoms with E-state index in [4.69, 9.17) is 4.43 Å². The predicted octanol–water partition coefficient (Wildman–Crippen LogP) is 3.83. The Kier molecular flexibility index (Phi) is 5.67. The van der Waals surface area contributed by atoms with Crippen LogP contribution in [0.2, 0.25) is 12.1 Å². The van der Waals surface area contributed by atoms with E-state index in [0.717, 1.165) is 36.2 Å². The molecule has 0 amide bonds. The average Bonchev–Trinajstić information content (AvgIpc) is 2.46. The molecule has 0 spiro atoms. The lowest BCUT2D eigenvalue weighted by Crippen LogP contribution is -2.36. The van der Waals surface area contributed by atoms with Gasteiger partial charge < -0.3 is 14.2 Å². The van der Waals surface area contributed by atoms with Crippen molar-refractivity contribution in [2.75, 3.05) is 6.61 Å². The Morgan fingerprint density at radius 1 is 1.36 bits per heavy atom. The van der Waals surface area contributed by atoms with Gasteiger partial charge in [-0.15, -0.1) is 0 Å². The van der Waals surface area contributed by atoms with E-state index in [-0.39, 0.29) is 5.92 Å². The molecule has 0 saturated carbocycles. The highest BCUT2D eigenvalue weighted by Crippen LogP contribution is 2.62. The Hall–Kier alpha value is -0.453. The van der Waals surface area contributed by atoms with E-state index in [0.29, 0.717) is 0 Å². The van der Waals surface area contributed by atoms with Crippen LogP contribution in [0.15, 0.2) is 24.3 Å². The number of hydrogen-bond donors (Lipinski definition) is 2. The van der Waals surface area contributed by atoms with E-state index >= 15 is 0 Å². The quantitative estimate of drug-likeness (QED) is 0.631. The van der Waals surface area contributed by atoms with Crippen molar-refractivity contribution < 1.29 is 18.8 Å². The molecule has 4 nitrogen and oxygen atoms in total. The topological polar surface area (TPSA) is 66.8 Å². The minimum absolute atomic E-state index is 0.124. The lowest BCUT2D eigenvalue weighted by Gasteiger charge is -2.39. The standard InChI is InChI=1S/C16H26O4PSi/c1-13-8-4-5-9-15(13)16(3,21(17,18)19)14(2)12-22-11-7-6-10-20-22/h4-5,8-9,14H,6-7,10-12H2,1-3H3,(H2,17,18,19). The molecule has 1 aromatic rings. The predicted molar refractivity (Wildman–Crippen MR) is 90.3 cm³/mol. The molecular weight excluding hydrogens is 315 g/mol. The molecular formula is C16H26O4PSi. The fraction of sp³-hybridized carbons (Fsp3) is 0.625. The van der Waals surface area contributed by atoms with Crippen LogP contribution in [0.1, 0.15) is 37.8 Å². The van der Waals surface area contributed by atoms with Gasteiger partial charge in [-0.05, 0) is 49.4 Å². The molecule has 1 fully saturated rings. The summed E-state index contributed by atoms with van der Waals surface area (Å²) in [5.74, 6) is -0.124. The fourth-order valence-electron chi connectivity index (χ4n) is 3.26. The normalized spacial score (nSPS) is 21.3. The Balaban J connectivity index is 2.33. The molecule has 2 unspecified atom stereocenters. The SMILES string of the molecule is Cc1ccccc1C(C)(C(C)C[Si]1CCCCO1)P(=O)(O)O. The fourth-order valence-corrected chi connectivity index (χ4v) is 7.30. The molecule has 1 radical (unpaired) electrons. The van der Waals surface area contributed by atoms with Crippen molar-refractivity contribution in [2.45, 2.75) is 50.9 Å². The van der Waals surface area contributed by atoms with Crippen LogP contribution in [0.3, 0.4) is 0 Å². The molecule has 1 aromatic carbocycles. The summed E-state index contributed by atoms with van der Waals surface area (Å²) < 4.78 is 18.2. The van der Waals surface area contributed by atoms with Crippen LogP contribution >= 0.6 is 7.60 Å². The van der Waals surface area contributed by atoms with Crippen molar-refractivity contribution in [1.29, 1.82) is 0 Å². The zero-order chi connectivity index (χ0) is 16.4. The Morgan fingerprint density at radius 3 is 2.59 bits per heavy atom. The van der Waals surface area contributed by atoms with Gasteiger partial charge in [-0.3, -0.25) is 4.57 Å². The van der Waals surface area contributed by atoms with Crippen molar-refractivity contribution in [3.63, 3.8) is 0 Å². The summed E-state index contributed by atoms with van der Waals surface area (Å²) in [6, 6.07) is 9.39. The molecule has 0 bridgehead atoms. The molecule has 1 heterocycles. The van der Waals surface area contributed by atoms with Gasteiger partial charge in [-0.25, -0.2) is 0 Å². The van der Waals surface area contributed by atoms with Gasteiger partial charge in [0, 0.05) is 6.61 Å². The van der Waals surface area contributed by atoms with Gasteiger partial charge in [0.05, 0.1) is 5.16 Å². The molecule has 1 saturated heterocycles. The van der Waals surface area contributed by atoms with Gasteiger partial charge in [-0.2, -0.15) is 0 Å². The van der Waals surface area contributed by atoms with Gasteiger partial charge in [0.15, 0.2) is 0 Å². The maximum atomic E-state index is 12.4. The molecule has 0 aromatic heterocycles. The van der Waals surface area contributed by atoms with Crippen molar-refractivity contribution >= 4 is 16.6 Å². The smallest absolute Gasteiger partial charge is 0.335 e. The molecule has 2 atom stereocenters. The second-order valence-electron chi connectivity index (χ2n) is 6.46. The molecule has 2 rings (SSSR count). The highest BCUT2D eigenvalue weighted by atomic mass is 31.2. The van der Waals surface area contributed by atoms with Crippen LogP contribution < -0.4 is 0 Å².